The van der Waals surface area contributed by atoms with Crippen molar-refractivity contribution in [2.45, 2.75) is 42.5 Å². The van der Waals surface area contributed by atoms with Gasteiger partial charge in [0.25, 0.3) is 0 Å². The molecule has 1 unspecified atom stereocenters. The van der Waals surface area contributed by atoms with Gasteiger partial charge >= 0.3 is 0 Å². The summed E-state index contributed by atoms with van der Waals surface area (Å²) in [7, 11) is -1.41. The van der Waals surface area contributed by atoms with Crippen LogP contribution in [0, 0.1) is 0 Å². The van der Waals surface area contributed by atoms with Gasteiger partial charge < -0.3 is 0 Å². The smallest absolute Gasteiger partial charge is 0.156 e. The van der Waals surface area contributed by atoms with Gasteiger partial charge in [0.2, 0.25) is 0 Å². The van der Waals surface area contributed by atoms with Gasteiger partial charge in [-0.05, 0) is 42.7 Å². The van der Waals surface area contributed by atoms with Crippen molar-refractivity contribution in [1.29, 1.82) is 0 Å². The van der Waals surface area contributed by atoms with Crippen molar-refractivity contribution in [3.63, 3.8) is 0 Å². The van der Waals surface area contributed by atoms with E-state index in [-0.39, 0.29) is 11.5 Å². The minimum Gasteiger partial charge on any atom is -0.298 e. The van der Waals surface area contributed by atoms with Gasteiger partial charge in [-0.3, -0.25) is 9.00 Å². The molecular weight excluding hydrogens is 342 g/mol. The second-order valence-electron chi connectivity index (χ2n) is 6.23. The van der Waals surface area contributed by atoms with Gasteiger partial charge in [-0.2, -0.15) is 0 Å². The molecule has 0 N–H and O–H groups in total. The van der Waals surface area contributed by atoms with Gasteiger partial charge in [0.1, 0.15) is 5.03 Å². The van der Waals surface area contributed by atoms with Crippen LogP contribution in [0.5, 0.6) is 0 Å². The molecule has 126 valence electrons. The average molecular weight is 362 g/mol. The first kappa shape index (κ1) is 17.3. The number of pyridine rings is 1. The molecule has 1 aromatic heterocycles. The van der Waals surface area contributed by atoms with Gasteiger partial charge in [0, 0.05) is 11.2 Å². The van der Waals surface area contributed by atoms with Crippen LogP contribution in [0.3, 0.4) is 0 Å². The largest absolute Gasteiger partial charge is 0.298 e. The molecule has 3 rings (SSSR count). The Morgan fingerprint density at radius 3 is 2.42 bits per heavy atom. The lowest BCUT2D eigenvalue weighted by atomic mass is 9.67. The molecule has 0 saturated heterocycles. The second-order valence-corrected chi connectivity index (χ2v) is 8.07. The number of halogens is 1. The van der Waals surface area contributed by atoms with Crippen LogP contribution in [0.25, 0.3) is 0 Å². The predicted molar refractivity (Wildman–Crippen MR) is 96.7 cm³/mol. The fourth-order valence-electron chi connectivity index (χ4n) is 3.47. The monoisotopic (exact) mass is 361 g/mol. The lowest BCUT2D eigenvalue weighted by Gasteiger charge is -2.36. The van der Waals surface area contributed by atoms with Crippen molar-refractivity contribution in [2.75, 3.05) is 5.75 Å². The summed E-state index contributed by atoms with van der Waals surface area (Å²) in [5.41, 5.74) is 0.461. The van der Waals surface area contributed by atoms with Crippen LogP contribution in [0.2, 0.25) is 5.02 Å². The molecule has 1 heterocycles. The number of carbonyl (C=O) groups excluding carboxylic acids is 1. The Morgan fingerprint density at radius 1 is 1.08 bits per heavy atom. The number of hydrogen-bond donors (Lipinski definition) is 0. The normalized spacial score (nSPS) is 18.0. The fourth-order valence-corrected chi connectivity index (χ4v) is 4.66. The number of hydrogen-bond acceptors (Lipinski definition) is 3. The van der Waals surface area contributed by atoms with Gasteiger partial charge in [0.05, 0.1) is 22.0 Å². The summed E-state index contributed by atoms with van der Waals surface area (Å²) in [6, 6.07) is 12.8. The van der Waals surface area contributed by atoms with Gasteiger partial charge in [0.15, 0.2) is 5.78 Å². The SMILES string of the molecule is O=C(CS(=O)c1ccccn1)C1(c2ccc(Cl)cc2)CCCCC1. The van der Waals surface area contributed by atoms with Crippen LogP contribution < -0.4 is 0 Å². The second kappa shape index (κ2) is 7.58. The predicted octanol–water partition coefficient (Wildman–Crippen LogP) is 4.31. The first-order valence-electron chi connectivity index (χ1n) is 8.21. The molecule has 3 nitrogen and oxygen atoms in total. The molecule has 2 aromatic rings. The Morgan fingerprint density at radius 2 is 1.79 bits per heavy atom. The molecule has 5 heteroatoms. The lowest BCUT2D eigenvalue weighted by molar-refractivity contribution is -0.123. The first-order chi connectivity index (χ1) is 11.6. The van der Waals surface area contributed by atoms with Crippen LogP contribution in [-0.4, -0.2) is 20.7 Å². The minimum absolute atomic E-state index is 0.0135. The van der Waals surface area contributed by atoms with E-state index in [0.717, 1.165) is 37.7 Å². The van der Waals surface area contributed by atoms with E-state index in [4.69, 9.17) is 11.6 Å². The fraction of sp³-hybridized carbons (Fsp3) is 0.368. The molecule has 1 aliphatic carbocycles. The summed E-state index contributed by atoms with van der Waals surface area (Å²) in [4.78, 5) is 17.2. The van der Waals surface area contributed by atoms with Gasteiger partial charge in [-0.1, -0.05) is 49.1 Å². The van der Waals surface area contributed by atoms with E-state index < -0.39 is 16.2 Å². The summed E-state index contributed by atoms with van der Waals surface area (Å²) < 4.78 is 12.5. The van der Waals surface area contributed by atoms with Crippen LogP contribution in [0.1, 0.15) is 37.7 Å². The average Bonchev–Trinajstić information content (AvgIpc) is 2.63. The molecule has 0 spiro atoms. The standard InChI is InChI=1S/C19H20ClNO2S/c20-16-9-7-15(8-10-16)19(11-3-1-4-12-19)17(22)14-24(23)18-6-2-5-13-21-18/h2,5-10,13H,1,3-4,11-12,14H2. The van der Waals surface area contributed by atoms with E-state index in [1.54, 1.807) is 24.4 Å². The van der Waals surface area contributed by atoms with Crippen LogP contribution >= 0.6 is 11.6 Å². The molecule has 1 aliphatic rings. The highest BCUT2D eigenvalue weighted by molar-refractivity contribution is 7.85. The lowest BCUT2D eigenvalue weighted by Crippen LogP contribution is -2.40. The highest BCUT2D eigenvalue weighted by Crippen LogP contribution is 2.41. The molecule has 0 amide bonds. The molecular formula is C19H20ClNO2S. The van der Waals surface area contributed by atoms with E-state index in [1.807, 2.05) is 24.3 Å². The third-order valence-electron chi connectivity index (χ3n) is 4.77. The van der Waals surface area contributed by atoms with Gasteiger partial charge in [-0.15, -0.1) is 0 Å². The molecule has 0 aliphatic heterocycles. The number of Topliss-reactive ketones (excluding diaryl/α,β-unsaturated/α-hetero) is 1. The Hall–Kier alpha value is -1.52. The highest BCUT2D eigenvalue weighted by atomic mass is 35.5. The molecule has 0 bridgehead atoms. The van der Waals surface area contributed by atoms with Crippen LogP contribution in [0.4, 0.5) is 0 Å². The maximum Gasteiger partial charge on any atom is 0.156 e. The van der Waals surface area contributed by atoms with E-state index in [1.165, 1.54) is 0 Å². The molecule has 24 heavy (non-hydrogen) atoms. The van der Waals surface area contributed by atoms with Crippen molar-refractivity contribution < 1.29 is 9.00 Å². The van der Waals surface area contributed by atoms with E-state index >= 15 is 0 Å². The molecule has 1 saturated carbocycles. The van der Waals surface area contributed by atoms with Crippen molar-refractivity contribution in [3.8, 4) is 0 Å². The quantitative estimate of drug-likeness (QED) is 0.797. The Balaban J connectivity index is 1.87. The topological polar surface area (TPSA) is 47.0 Å². The van der Waals surface area contributed by atoms with Gasteiger partial charge in [-0.25, -0.2) is 4.98 Å². The zero-order valence-corrected chi connectivity index (χ0v) is 15.0. The number of aromatic nitrogens is 1. The number of benzene rings is 1. The third kappa shape index (κ3) is 3.60. The number of nitrogens with zero attached hydrogens (tertiary/aromatic N) is 1. The Bertz CT molecular complexity index is 725. The Kier molecular flexibility index (Phi) is 5.47. The zero-order valence-electron chi connectivity index (χ0n) is 13.4. The summed E-state index contributed by atoms with van der Waals surface area (Å²) >= 11 is 6.00. The van der Waals surface area contributed by atoms with Crippen molar-refractivity contribution in [2.24, 2.45) is 0 Å². The van der Waals surface area contributed by atoms with Crippen molar-refractivity contribution in [1.82, 2.24) is 4.98 Å². The molecule has 0 radical (unpaired) electrons. The molecule has 1 atom stereocenters. The van der Waals surface area contributed by atoms with E-state index in [2.05, 4.69) is 4.98 Å². The maximum absolute atomic E-state index is 13.1. The number of ketones is 1. The number of rotatable bonds is 5. The first-order valence-corrected chi connectivity index (χ1v) is 9.90. The number of carbonyl (C=O) groups is 1. The summed E-state index contributed by atoms with van der Waals surface area (Å²) in [5, 5.41) is 1.13. The molecule has 1 aromatic carbocycles. The van der Waals surface area contributed by atoms with Crippen LogP contribution in [-0.2, 0) is 21.0 Å². The zero-order chi connectivity index (χ0) is 17.0. The van der Waals surface area contributed by atoms with Crippen molar-refractivity contribution in [3.05, 3.63) is 59.2 Å². The third-order valence-corrected chi connectivity index (χ3v) is 6.26. The summed E-state index contributed by atoms with van der Waals surface area (Å²) in [5.74, 6) is 0.0631. The molecule has 1 fully saturated rings. The highest BCUT2D eigenvalue weighted by Gasteiger charge is 2.41. The maximum atomic E-state index is 13.1. The summed E-state index contributed by atoms with van der Waals surface area (Å²) in [6.07, 6.45) is 6.41. The van der Waals surface area contributed by atoms with E-state index in [9.17, 15) is 9.00 Å². The van der Waals surface area contributed by atoms with E-state index in [0.29, 0.717) is 10.0 Å². The Labute approximate surface area is 149 Å². The summed E-state index contributed by atoms with van der Waals surface area (Å²) in [6.45, 7) is 0. The van der Waals surface area contributed by atoms with Crippen molar-refractivity contribution >= 4 is 28.2 Å². The minimum atomic E-state index is -1.41. The van der Waals surface area contributed by atoms with Crippen LogP contribution in [0.15, 0.2) is 53.7 Å².